The molecule has 1 N–H and O–H groups in total. The monoisotopic (exact) mass is 379 g/mol. The van der Waals surface area contributed by atoms with Crippen LogP contribution in [0, 0.1) is 0 Å². The second-order valence-corrected chi connectivity index (χ2v) is 6.99. The summed E-state index contributed by atoms with van der Waals surface area (Å²) in [6, 6.07) is 9.66. The van der Waals surface area contributed by atoms with E-state index in [1.54, 1.807) is 18.6 Å². The molecule has 0 saturated heterocycles. The van der Waals surface area contributed by atoms with Gasteiger partial charge in [0.2, 0.25) is 5.91 Å². The Balaban J connectivity index is 1.43. The van der Waals surface area contributed by atoms with Crippen LogP contribution in [0.25, 0.3) is 10.2 Å². The molecule has 4 aromatic rings. The van der Waals surface area contributed by atoms with Crippen LogP contribution in [0.1, 0.15) is 11.1 Å². The summed E-state index contributed by atoms with van der Waals surface area (Å²) in [5.41, 5.74) is 1.93. The number of imidazole rings is 1. The van der Waals surface area contributed by atoms with Crippen LogP contribution in [0.5, 0.6) is 0 Å². The van der Waals surface area contributed by atoms with Crippen LogP contribution in [-0.2, 0) is 24.4 Å². The highest BCUT2D eigenvalue weighted by atomic mass is 32.1. The number of rotatable bonds is 6. The van der Waals surface area contributed by atoms with E-state index in [0.717, 1.165) is 11.1 Å². The number of benzene rings is 1. The number of nitrogens with zero attached hydrogens (tertiary/aromatic N) is 4. The van der Waals surface area contributed by atoms with E-state index in [4.69, 9.17) is 0 Å². The molecular weight excluding hydrogens is 362 g/mol. The van der Waals surface area contributed by atoms with Crippen molar-refractivity contribution < 1.29 is 4.79 Å². The van der Waals surface area contributed by atoms with Gasteiger partial charge in [-0.3, -0.25) is 14.2 Å². The fourth-order valence-corrected chi connectivity index (χ4v) is 3.59. The topological polar surface area (TPSA) is 81.8 Å². The van der Waals surface area contributed by atoms with Crippen LogP contribution in [-0.4, -0.2) is 25.0 Å². The zero-order valence-corrected chi connectivity index (χ0v) is 15.2. The predicted molar refractivity (Wildman–Crippen MR) is 103 cm³/mol. The molecule has 0 bridgehead atoms. The molecular formula is C19H17N5O2S. The van der Waals surface area contributed by atoms with E-state index >= 15 is 0 Å². The Morgan fingerprint density at radius 1 is 1.15 bits per heavy atom. The summed E-state index contributed by atoms with van der Waals surface area (Å²) < 4.78 is 3.31. The number of hydrogen-bond acceptors (Lipinski definition) is 5. The van der Waals surface area contributed by atoms with Crippen LogP contribution in [0.4, 0.5) is 0 Å². The van der Waals surface area contributed by atoms with E-state index in [0.29, 0.717) is 23.3 Å². The fraction of sp³-hybridized carbons (Fsp3) is 0.158. The van der Waals surface area contributed by atoms with Gasteiger partial charge in [-0.15, -0.1) is 11.3 Å². The summed E-state index contributed by atoms with van der Waals surface area (Å²) >= 11 is 1.41. The molecule has 0 aliphatic carbocycles. The standard InChI is InChI=1S/C19H17N5O2S/c25-17(11-24-13-22-18-16(19(24)26)5-8-27-18)21-9-14-3-1-2-4-15(14)10-23-7-6-20-12-23/h1-8,12-13H,9-11H2,(H,21,25). The van der Waals surface area contributed by atoms with Crippen molar-refractivity contribution in [2.75, 3.05) is 0 Å². The zero-order valence-electron chi connectivity index (χ0n) is 14.4. The molecule has 0 spiro atoms. The van der Waals surface area contributed by atoms with Gasteiger partial charge in [0.15, 0.2) is 0 Å². The zero-order chi connectivity index (χ0) is 18.6. The minimum absolute atomic E-state index is 0.0543. The molecule has 27 heavy (non-hydrogen) atoms. The van der Waals surface area contributed by atoms with E-state index in [1.165, 1.54) is 22.2 Å². The fourth-order valence-electron chi connectivity index (χ4n) is 2.87. The van der Waals surface area contributed by atoms with Crippen molar-refractivity contribution in [1.82, 2.24) is 24.4 Å². The van der Waals surface area contributed by atoms with Gasteiger partial charge in [-0.2, -0.15) is 0 Å². The molecule has 0 saturated carbocycles. The highest BCUT2D eigenvalue weighted by Gasteiger charge is 2.10. The van der Waals surface area contributed by atoms with Crippen LogP contribution >= 0.6 is 11.3 Å². The van der Waals surface area contributed by atoms with E-state index in [1.807, 2.05) is 40.4 Å². The largest absolute Gasteiger partial charge is 0.350 e. The second kappa shape index (κ2) is 7.55. The molecule has 136 valence electrons. The van der Waals surface area contributed by atoms with E-state index in [2.05, 4.69) is 15.3 Å². The maximum absolute atomic E-state index is 12.4. The normalized spacial score (nSPS) is 11.0. The Bertz CT molecular complexity index is 1130. The van der Waals surface area contributed by atoms with Crippen molar-refractivity contribution >= 4 is 27.5 Å². The molecule has 0 atom stereocenters. The molecule has 0 aliphatic heterocycles. The maximum Gasteiger partial charge on any atom is 0.262 e. The van der Waals surface area contributed by atoms with Crippen LogP contribution in [0.15, 0.2) is 65.6 Å². The summed E-state index contributed by atoms with van der Waals surface area (Å²) in [4.78, 5) is 33.7. The molecule has 3 aromatic heterocycles. The highest BCUT2D eigenvalue weighted by molar-refractivity contribution is 7.16. The van der Waals surface area contributed by atoms with Gasteiger partial charge in [-0.05, 0) is 22.6 Å². The van der Waals surface area contributed by atoms with Crippen molar-refractivity contribution in [2.45, 2.75) is 19.6 Å². The van der Waals surface area contributed by atoms with Crippen LogP contribution < -0.4 is 10.9 Å². The highest BCUT2D eigenvalue weighted by Crippen LogP contribution is 2.13. The molecule has 0 unspecified atom stereocenters. The second-order valence-electron chi connectivity index (χ2n) is 6.10. The van der Waals surface area contributed by atoms with Crippen molar-refractivity contribution in [1.29, 1.82) is 0 Å². The number of thiophene rings is 1. The third kappa shape index (κ3) is 3.80. The Morgan fingerprint density at radius 2 is 2.00 bits per heavy atom. The first-order valence-corrected chi connectivity index (χ1v) is 9.30. The lowest BCUT2D eigenvalue weighted by Crippen LogP contribution is -2.32. The lowest BCUT2D eigenvalue weighted by atomic mass is 10.1. The Hall–Kier alpha value is -3.26. The molecule has 1 aromatic carbocycles. The third-order valence-corrected chi connectivity index (χ3v) is 5.09. The van der Waals surface area contributed by atoms with Gasteiger partial charge in [-0.1, -0.05) is 24.3 Å². The first-order chi connectivity index (χ1) is 13.2. The number of hydrogen-bond donors (Lipinski definition) is 1. The predicted octanol–water partition coefficient (Wildman–Crippen LogP) is 2.02. The van der Waals surface area contributed by atoms with Crippen LogP contribution in [0.2, 0.25) is 0 Å². The smallest absolute Gasteiger partial charge is 0.262 e. The number of fused-ring (bicyclic) bond motifs is 1. The lowest BCUT2D eigenvalue weighted by Gasteiger charge is -2.12. The average molecular weight is 379 g/mol. The Kier molecular flexibility index (Phi) is 4.80. The quantitative estimate of drug-likeness (QED) is 0.556. The van der Waals surface area contributed by atoms with E-state index in [9.17, 15) is 9.59 Å². The summed E-state index contributed by atoms with van der Waals surface area (Å²) in [5.74, 6) is -0.231. The minimum atomic E-state index is -0.231. The first-order valence-electron chi connectivity index (χ1n) is 8.42. The van der Waals surface area contributed by atoms with Gasteiger partial charge < -0.3 is 9.88 Å². The summed E-state index contributed by atoms with van der Waals surface area (Å²) in [7, 11) is 0. The van der Waals surface area contributed by atoms with Gasteiger partial charge in [-0.25, -0.2) is 9.97 Å². The van der Waals surface area contributed by atoms with Gasteiger partial charge in [0.25, 0.3) is 5.56 Å². The molecule has 7 nitrogen and oxygen atoms in total. The molecule has 1 amide bonds. The third-order valence-electron chi connectivity index (χ3n) is 4.27. The van der Waals surface area contributed by atoms with Gasteiger partial charge in [0.05, 0.1) is 18.0 Å². The van der Waals surface area contributed by atoms with E-state index in [-0.39, 0.29) is 18.0 Å². The minimum Gasteiger partial charge on any atom is -0.350 e. The van der Waals surface area contributed by atoms with Crippen LogP contribution in [0.3, 0.4) is 0 Å². The van der Waals surface area contributed by atoms with E-state index < -0.39 is 0 Å². The molecule has 4 rings (SSSR count). The number of nitrogens with one attached hydrogen (secondary N) is 1. The Morgan fingerprint density at radius 3 is 2.81 bits per heavy atom. The maximum atomic E-state index is 12.4. The molecule has 0 radical (unpaired) electrons. The number of carbonyl (C=O) groups is 1. The Labute approximate surface area is 158 Å². The summed E-state index contributed by atoms with van der Waals surface area (Å²) in [5, 5.41) is 5.25. The van der Waals surface area contributed by atoms with Crippen molar-refractivity contribution in [3.05, 3.63) is 82.2 Å². The summed E-state index contributed by atoms with van der Waals surface area (Å²) in [6.45, 7) is 1.03. The van der Waals surface area contributed by atoms with Crippen molar-refractivity contribution in [3.8, 4) is 0 Å². The molecule has 0 aliphatic rings. The number of amides is 1. The van der Waals surface area contributed by atoms with Crippen molar-refractivity contribution in [3.63, 3.8) is 0 Å². The lowest BCUT2D eigenvalue weighted by molar-refractivity contribution is -0.121. The first kappa shape index (κ1) is 17.2. The SMILES string of the molecule is O=C(Cn1cnc2sccc2c1=O)NCc1ccccc1Cn1ccnc1. The molecule has 0 fully saturated rings. The number of aromatic nitrogens is 4. The van der Waals surface area contributed by atoms with Gasteiger partial charge in [0, 0.05) is 25.5 Å². The molecule has 3 heterocycles. The van der Waals surface area contributed by atoms with Crippen molar-refractivity contribution in [2.24, 2.45) is 0 Å². The average Bonchev–Trinajstić information content (AvgIpc) is 3.35. The molecule has 8 heteroatoms. The number of carbonyl (C=O) groups excluding carboxylic acids is 1. The summed E-state index contributed by atoms with van der Waals surface area (Å²) in [6.07, 6.45) is 6.82. The van der Waals surface area contributed by atoms with Gasteiger partial charge in [0.1, 0.15) is 11.4 Å². The van der Waals surface area contributed by atoms with Gasteiger partial charge >= 0.3 is 0 Å².